The van der Waals surface area contributed by atoms with Crippen LogP contribution >= 0.6 is 0 Å². The third kappa shape index (κ3) is 6.49. The highest BCUT2D eigenvalue weighted by atomic mass is 16.5. The van der Waals surface area contributed by atoms with Gasteiger partial charge in [0.15, 0.2) is 0 Å². The van der Waals surface area contributed by atoms with Gasteiger partial charge in [-0.25, -0.2) is 0 Å². The average molecular weight is 463 g/mol. The third-order valence-corrected chi connectivity index (χ3v) is 7.48. The van der Waals surface area contributed by atoms with Crippen LogP contribution in [0.3, 0.4) is 0 Å². The molecule has 0 bridgehead atoms. The Hall–Kier alpha value is -2.63. The lowest BCUT2D eigenvalue weighted by Gasteiger charge is -2.38. The molecule has 2 aliphatic rings. The van der Waals surface area contributed by atoms with Crippen LogP contribution in [0.1, 0.15) is 48.3 Å². The molecule has 2 heterocycles. The molecule has 0 spiro atoms. The summed E-state index contributed by atoms with van der Waals surface area (Å²) < 4.78 is 5.27. The standard InChI is InChI=1S/C29H38N2O3/c1-22-4-3-5-23(20-22)6-11-29(33)31-18-14-26(15-19-31)28(32)21-30-16-12-25(13-17-30)24-7-9-27(34-2)10-8-24/h3-11,20,25-26,28,32H,12-19,21H2,1-2H3/b11-6+. The second kappa shape index (κ2) is 11.7. The fourth-order valence-corrected chi connectivity index (χ4v) is 5.29. The van der Waals surface area contributed by atoms with Gasteiger partial charge in [-0.1, -0.05) is 42.0 Å². The average Bonchev–Trinajstić information content (AvgIpc) is 2.88. The minimum atomic E-state index is -0.322. The van der Waals surface area contributed by atoms with Crippen molar-refractivity contribution in [1.29, 1.82) is 0 Å². The Balaban J connectivity index is 1.19. The summed E-state index contributed by atoms with van der Waals surface area (Å²) in [7, 11) is 1.70. The van der Waals surface area contributed by atoms with Crippen molar-refractivity contribution < 1.29 is 14.6 Å². The number of β-amino-alcohol motifs (C(OH)–C–C–N with tert-alkyl or cyclic N) is 1. The lowest BCUT2D eigenvalue weighted by atomic mass is 9.88. The number of methoxy groups -OCH3 is 1. The van der Waals surface area contributed by atoms with E-state index in [4.69, 9.17) is 4.74 Å². The van der Waals surface area contributed by atoms with Gasteiger partial charge in [-0.05, 0) is 86.9 Å². The summed E-state index contributed by atoms with van der Waals surface area (Å²) in [6, 6.07) is 16.6. The van der Waals surface area contributed by atoms with Gasteiger partial charge < -0.3 is 19.6 Å². The number of rotatable bonds is 7. The molecular formula is C29H38N2O3. The number of hydrogen-bond donors (Lipinski definition) is 1. The molecule has 5 heteroatoms. The quantitative estimate of drug-likeness (QED) is 0.616. The fraction of sp³-hybridized carbons (Fsp3) is 0.483. The molecule has 2 aliphatic heterocycles. The van der Waals surface area contributed by atoms with Crippen molar-refractivity contribution >= 4 is 12.0 Å². The van der Waals surface area contributed by atoms with E-state index in [1.165, 1.54) is 11.1 Å². The topological polar surface area (TPSA) is 53.0 Å². The number of amides is 1. The first-order valence-electron chi connectivity index (χ1n) is 12.6. The number of benzene rings is 2. The van der Waals surface area contributed by atoms with Crippen molar-refractivity contribution in [3.8, 4) is 5.75 Å². The van der Waals surface area contributed by atoms with Gasteiger partial charge in [0.05, 0.1) is 13.2 Å². The van der Waals surface area contributed by atoms with Crippen LogP contribution in [0.2, 0.25) is 0 Å². The molecule has 0 aromatic heterocycles. The van der Waals surface area contributed by atoms with E-state index in [2.05, 4.69) is 36.1 Å². The molecule has 2 aromatic carbocycles. The summed E-state index contributed by atoms with van der Waals surface area (Å²) in [4.78, 5) is 16.9. The third-order valence-electron chi connectivity index (χ3n) is 7.48. The predicted octanol–water partition coefficient (Wildman–Crippen LogP) is 4.50. The number of aryl methyl sites for hydroxylation is 1. The smallest absolute Gasteiger partial charge is 0.246 e. The van der Waals surface area contributed by atoms with Crippen LogP contribution in [-0.4, -0.2) is 66.8 Å². The van der Waals surface area contributed by atoms with Gasteiger partial charge in [0.25, 0.3) is 0 Å². The van der Waals surface area contributed by atoms with Crippen LogP contribution in [0, 0.1) is 12.8 Å². The molecule has 182 valence electrons. The fourth-order valence-electron chi connectivity index (χ4n) is 5.29. The van der Waals surface area contributed by atoms with Crippen molar-refractivity contribution in [3.63, 3.8) is 0 Å². The Morgan fingerprint density at radius 3 is 2.41 bits per heavy atom. The zero-order valence-electron chi connectivity index (χ0n) is 20.5. The molecule has 2 saturated heterocycles. The van der Waals surface area contributed by atoms with Gasteiger partial charge >= 0.3 is 0 Å². The van der Waals surface area contributed by atoms with Gasteiger partial charge in [-0.15, -0.1) is 0 Å². The lowest BCUT2D eigenvalue weighted by Crippen LogP contribution is -2.45. The summed E-state index contributed by atoms with van der Waals surface area (Å²) in [5.74, 6) is 1.82. The highest BCUT2D eigenvalue weighted by Crippen LogP contribution is 2.30. The second-order valence-electron chi connectivity index (χ2n) is 9.83. The first-order chi connectivity index (χ1) is 16.5. The largest absolute Gasteiger partial charge is 0.497 e. The molecule has 2 aromatic rings. The number of aliphatic hydroxyl groups excluding tert-OH is 1. The van der Waals surface area contributed by atoms with Gasteiger partial charge in [0.2, 0.25) is 5.91 Å². The Bertz CT molecular complexity index is 956. The van der Waals surface area contributed by atoms with Gasteiger partial charge in [-0.2, -0.15) is 0 Å². The predicted molar refractivity (Wildman–Crippen MR) is 137 cm³/mol. The minimum absolute atomic E-state index is 0.0649. The van der Waals surface area contributed by atoms with E-state index in [9.17, 15) is 9.90 Å². The zero-order chi connectivity index (χ0) is 23.9. The van der Waals surface area contributed by atoms with Gasteiger partial charge in [0, 0.05) is 25.7 Å². The number of likely N-dealkylation sites (tertiary alicyclic amines) is 2. The zero-order valence-corrected chi connectivity index (χ0v) is 20.5. The first-order valence-corrected chi connectivity index (χ1v) is 12.6. The Kier molecular flexibility index (Phi) is 8.41. The highest BCUT2D eigenvalue weighted by Gasteiger charge is 2.29. The Morgan fingerprint density at radius 2 is 1.76 bits per heavy atom. The van der Waals surface area contributed by atoms with Crippen LogP contribution in [0.15, 0.2) is 54.6 Å². The summed E-state index contributed by atoms with van der Waals surface area (Å²) in [6.07, 6.45) is 7.24. The first kappa shape index (κ1) is 24.5. The lowest BCUT2D eigenvalue weighted by molar-refractivity contribution is -0.128. The number of ether oxygens (including phenoxy) is 1. The molecule has 1 unspecified atom stereocenters. The van der Waals surface area contributed by atoms with Crippen molar-refractivity contribution in [2.24, 2.45) is 5.92 Å². The molecule has 0 aliphatic carbocycles. The SMILES string of the molecule is COc1ccc(C2CCN(CC(O)C3CCN(C(=O)/C=C/c4cccc(C)c4)CC3)CC2)cc1. The van der Waals surface area contributed by atoms with E-state index in [0.29, 0.717) is 5.92 Å². The Labute approximate surface area is 204 Å². The molecule has 5 nitrogen and oxygen atoms in total. The maximum atomic E-state index is 12.6. The van der Waals surface area contributed by atoms with Crippen LogP contribution in [-0.2, 0) is 4.79 Å². The van der Waals surface area contributed by atoms with Crippen molar-refractivity contribution in [3.05, 3.63) is 71.3 Å². The molecule has 34 heavy (non-hydrogen) atoms. The van der Waals surface area contributed by atoms with Gasteiger partial charge in [0.1, 0.15) is 5.75 Å². The molecule has 1 atom stereocenters. The number of carbonyl (C=O) groups excluding carboxylic acids is 1. The second-order valence-corrected chi connectivity index (χ2v) is 9.83. The van der Waals surface area contributed by atoms with E-state index < -0.39 is 0 Å². The molecule has 4 rings (SSSR count). The summed E-state index contributed by atoms with van der Waals surface area (Å²) >= 11 is 0. The summed E-state index contributed by atoms with van der Waals surface area (Å²) in [6.45, 7) is 6.28. The van der Waals surface area contributed by atoms with Crippen molar-refractivity contribution in [2.75, 3.05) is 39.8 Å². The van der Waals surface area contributed by atoms with Crippen LogP contribution < -0.4 is 4.74 Å². The number of aliphatic hydroxyl groups is 1. The van der Waals surface area contributed by atoms with Crippen LogP contribution in [0.25, 0.3) is 6.08 Å². The molecule has 0 radical (unpaired) electrons. The van der Waals surface area contributed by atoms with Crippen molar-refractivity contribution in [1.82, 2.24) is 9.80 Å². The summed E-state index contributed by atoms with van der Waals surface area (Å²) in [5.41, 5.74) is 3.62. The number of hydrogen-bond acceptors (Lipinski definition) is 4. The highest BCUT2D eigenvalue weighted by molar-refractivity contribution is 5.91. The molecule has 2 fully saturated rings. The Morgan fingerprint density at radius 1 is 1.06 bits per heavy atom. The van der Waals surface area contributed by atoms with Crippen LogP contribution in [0.4, 0.5) is 0 Å². The van der Waals surface area contributed by atoms with E-state index >= 15 is 0 Å². The van der Waals surface area contributed by atoms with Crippen molar-refractivity contribution in [2.45, 2.75) is 44.6 Å². The molecular weight excluding hydrogens is 424 g/mol. The van der Waals surface area contributed by atoms with E-state index in [1.807, 2.05) is 35.2 Å². The molecule has 0 saturated carbocycles. The van der Waals surface area contributed by atoms with Gasteiger partial charge in [-0.3, -0.25) is 4.79 Å². The van der Waals surface area contributed by atoms with E-state index in [0.717, 1.165) is 69.7 Å². The maximum absolute atomic E-state index is 12.6. The van der Waals surface area contributed by atoms with Crippen LogP contribution in [0.5, 0.6) is 5.75 Å². The molecule has 1 amide bonds. The van der Waals surface area contributed by atoms with E-state index in [1.54, 1.807) is 13.2 Å². The summed E-state index contributed by atoms with van der Waals surface area (Å²) in [5, 5.41) is 10.9. The number of piperidine rings is 2. The molecule has 1 N–H and O–H groups in total. The number of nitrogens with zero attached hydrogens (tertiary/aromatic N) is 2. The minimum Gasteiger partial charge on any atom is -0.497 e. The maximum Gasteiger partial charge on any atom is 0.246 e. The normalized spacial score (nSPS) is 19.4. The number of carbonyl (C=O) groups is 1. The van der Waals surface area contributed by atoms with E-state index in [-0.39, 0.29) is 17.9 Å². The monoisotopic (exact) mass is 462 g/mol.